The third-order valence-electron chi connectivity index (χ3n) is 3.25. The van der Waals surface area contributed by atoms with Gasteiger partial charge in [-0.1, -0.05) is 30.5 Å². The molecule has 2 N–H and O–H groups in total. The maximum absolute atomic E-state index is 12.1. The van der Waals surface area contributed by atoms with Crippen molar-refractivity contribution in [1.29, 1.82) is 0 Å². The second-order valence-electron chi connectivity index (χ2n) is 4.82. The lowest BCUT2D eigenvalue weighted by Crippen LogP contribution is -2.36. The molecule has 1 saturated heterocycles. The van der Waals surface area contributed by atoms with Gasteiger partial charge in [-0.25, -0.2) is 0 Å². The number of aromatic nitrogens is 2. The number of rotatable bonds is 6. The average Bonchev–Trinajstić information content (AvgIpc) is 3.02. The van der Waals surface area contributed by atoms with E-state index in [1.54, 1.807) is 18.2 Å². The number of piperidine rings is 1. The summed E-state index contributed by atoms with van der Waals surface area (Å²) in [4.78, 5) is 14.0. The molecule has 0 spiro atoms. The SMILES string of the molecule is C=C/C=C(\C=C/N)c1nnc(SCC(=O)N2CCCCC2)o1. The smallest absolute Gasteiger partial charge is 0.277 e. The first-order valence-electron chi connectivity index (χ1n) is 7.20. The normalized spacial score (nSPS) is 16.2. The Morgan fingerprint density at radius 2 is 2.14 bits per heavy atom. The van der Waals surface area contributed by atoms with Crippen LogP contribution in [0.5, 0.6) is 0 Å². The fourth-order valence-corrected chi connectivity index (χ4v) is 2.84. The molecule has 2 heterocycles. The van der Waals surface area contributed by atoms with E-state index in [2.05, 4.69) is 16.8 Å². The lowest BCUT2D eigenvalue weighted by atomic mass is 10.1. The second kappa shape index (κ2) is 8.43. The Bertz CT molecular complexity index is 574. The molecule has 1 aliphatic rings. The molecule has 0 aromatic carbocycles. The minimum atomic E-state index is 0.119. The summed E-state index contributed by atoms with van der Waals surface area (Å²) in [5, 5.41) is 8.28. The highest BCUT2D eigenvalue weighted by atomic mass is 32.2. The van der Waals surface area contributed by atoms with E-state index >= 15 is 0 Å². The van der Waals surface area contributed by atoms with E-state index in [1.807, 2.05) is 4.90 Å². The van der Waals surface area contributed by atoms with Gasteiger partial charge in [-0.2, -0.15) is 0 Å². The molecule has 0 aliphatic carbocycles. The predicted octanol–water partition coefficient (Wildman–Crippen LogP) is 2.22. The maximum atomic E-state index is 12.1. The van der Waals surface area contributed by atoms with Crippen LogP contribution >= 0.6 is 11.8 Å². The van der Waals surface area contributed by atoms with Gasteiger partial charge in [-0.15, -0.1) is 10.2 Å². The van der Waals surface area contributed by atoms with Crippen molar-refractivity contribution in [2.24, 2.45) is 5.73 Å². The molecule has 6 nitrogen and oxygen atoms in total. The average molecular weight is 320 g/mol. The van der Waals surface area contributed by atoms with Gasteiger partial charge in [0, 0.05) is 18.7 Å². The topological polar surface area (TPSA) is 85.2 Å². The fraction of sp³-hybridized carbons (Fsp3) is 0.400. The number of amides is 1. The monoisotopic (exact) mass is 320 g/mol. The van der Waals surface area contributed by atoms with Gasteiger partial charge in [0.05, 0.1) is 5.75 Å². The highest BCUT2D eigenvalue weighted by Crippen LogP contribution is 2.22. The number of nitrogens with two attached hydrogens (primary N) is 1. The zero-order valence-corrected chi connectivity index (χ0v) is 13.2. The second-order valence-corrected chi connectivity index (χ2v) is 5.75. The van der Waals surface area contributed by atoms with Crippen molar-refractivity contribution < 1.29 is 9.21 Å². The van der Waals surface area contributed by atoms with E-state index in [9.17, 15) is 4.79 Å². The zero-order chi connectivity index (χ0) is 15.8. The molecule has 1 aromatic rings. The number of carbonyl (C=O) groups excluding carboxylic acids is 1. The number of hydrogen-bond donors (Lipinski definition) is 1. The molecular weight excluding hydrogens is 300 g/mol. The summed E-state index contributed by atoms with van der Waals surface area (Å²) in [6, 6.07) is 0. The minimum Gasteiger partial charge on any atom is -0.411 e. The Morgan fingerprint density at radius 1 is 1.36 bits per heavy atom. The lowest BCUT2D eigenvalue weighted by molar-refractivity contribution is -0.129. The Kier molecular flexibility index (Phi) is 6.27. The molecule has 0 unspecified atom stereocenters. The molecular formula is C15H20N4O2S. The van der Waals surface area contributed by atoms with Crippen LogP contribution < -0.4 is 5.73 Å². The van der Waals surface area contributed by atoms with Gasteiger partial charge in [-0.3, -0.25) is 4.79 Å². The molecule has 118 valence electrons. The van der Waals surface area contributed by atoms with Gasteiger partial charge in [0.1, 0.15) is 0 Å². The summed E-state index contributed by atoms with van der Waals surface area (Å²) in [5.74, 6) is 0.789. The minimum absolute atomic E-state index is 0.119. The fourth-order valence-electron chi connectivity index (χ4n) is 2.17. The van der Waals surface area contributed by atoms with E-state index in [0.717, 1.165) is 25.9 Å². The summed E-state index contributed by atoms with van der Waals surface area (Å²) in [7, 11) is 0. The van der Waals surface area contributed by atoms with Gasteiger partial charge in [-0.05, 0) is 31.5 Å². The van der Waals surface area contributed by atoms with Gasteiger partial charge in [0.25, 0.3) is 5.22 Å². The van der Waals surface area contributed by atoms with Crippen molar-refractivity contribution in [3.63, 3.8) is 0 Å². The van der Waals surface area contributed by atoms with Crippen molar-refractivity contribution in [3.05, 3.63) is 36.9 Å². The van der Waals surface area contributed by atoms with Gasteiger partial charge >= 0.3 is 0 Å². The summed E-state index contributed by atoms with van der Waals surface area (Å²) >= 11 is 1.26. The number of allylic oxidation sites excluding steroid dienone is 4. The van der Waals surface area contributed by atoms with Crippen LogP contribution in [0.1, 0.15) is 25.2 Å². The quantitative estimate of drug-likeness (QED) is 0.639. The van der Waals surface area contributed by atoms with Gasteiger partial charge in [0.15, 0.2) is 0 Å². The van der Waals surface area contributed by atoms with Crippen molar-refractivity contribution in [1.82, 2.24) is 15.1 Å². The summed E-state index contributed by atoms with van der Waals surface area (Å²) < 4.78 is 5.54. The number of likely N-dealkylation sites (tertiary alicyclic amines) is 1. The molecule has 0 bridgehead atoms. The van der Waals surface area contributed by atoms with Crippen LogP contribution in [-0.2, 0) is 4.79 Å². The van der Waals surface area contributed by atoms with Crippen LogP contribution in [0, 0.1) is 0 Å². The van der Waals surface area contributed by atoms with Crippen LogP contribution in [0.3, 0.4) is 0 Å². The number of carbonyl (C=O) groups is 1. The molecule has 2 rings (SSSR count). The Morgan fingerprint density at radius 3 is 2.82 bits per heavy atom. The largest absolute Gasteiger partial charge is 0.411 e. The predicted molar refractivity (Wildman–Crippen MR) is 87.0 cm³/mol. The third kappa shape index (κ3) is 4.49. The van der Waals surface area contributed by atoms with E-state index < -0.39 is 0 Å². The highest BCUT2D eigenvalue weighted by molar-refractivity contribution is 7.99. The highest BCUT2D eigenvalue weighted by Gasteiger charge is 2.18. The van der Waals surface area contributed by atoms with Crippen LogP contribution in [0.15, 0.2) is 40.6 Å². The van der Waals surface area contributed by atoms with E-state index in [-0.39, 0.29) is 5.91 Å². The molecule has 1 aliphatic heterocycles. The molecule has 1 aromatic heterocycles. The number of thioether (sulfide) groups is 1. The Hall–Kier alpha value is -2.02. The summed E-state index contributed by atoms with van der Waals surface area (Å²) in [6.07, 6.45) is 9.77. The van der Waals surface area contributed by atoms with E-state index in [1.165, 1.54) is 24.4 Å². The number of nitrogens with zero attached hydrogens (tertiary/aromatic N) is 3. The van der Waals surface area contributed by atoms with Gasteiger partial charge < -0.3 is 15.1 Å². The molecule has 0 radical (unpaired) electrons. The zero-order valence-electron chi connectivity index (χ0n) is 12.4. The number of hydrogen-bond acceptors (Lipinski definition) is 6. The first-order chi connectivity index (χ1) is 10.7. The molecule has 1 fully saturated rings. The Labute approximate surface area is 134 Å². The Balaban J connectivity index is 1.92. The molecule has 0 atom stereocenters. The van der Waals surface area contributed by atoms with E-state index in [0.29, 0.717) is 22.4 Å². The first kappa shape index (κ1) is 16.4. The van der Waals surface area contributed by atoms with Crippen LogP contribution in [0.4, 0.5) is 0 Å². The molecule has 0 saturated carbocycles. The lowest BCUT2D eigenvalue weighted by Gasteiger charge is -2.26. The molecule has 22 heavy (non-hydrogen) atoms. The summed E-state index contributed by atoms with van der Waals surface area (Å²) in [5.41, 5.74) is 6.06. The molecule has 1 amide bonds. The van der Waals surface area contributed by atoms with Crippen LogP contribution in [-0.4, -0.2) is 39.8 Å². The standard InChI is InChI=1S/C15H20N4O2S/c1-2-6-12(7-8-16)14-17-18-15(21-14)22-11-13(20)19-9-4-3-5-10-19/h2,6-8H,1,3-5,9-11,16H2/b8-7-,12-6+. The van der Waals surface area contributed by atoms with Crippen LogP contribution in [0.2, 0.25) is 0 Å². The third-order valence-corrected chi connectivity index (χ3v) is 4.06. The van der Waals surface area contributed by atoms with Crippen molar-refractivity contribution in [3.8, 4) is 0 Å². The van der Waals surface area contributed by atoms with E-state index in [4.69, 9.17) is 10.2 Å². The van der Waals surface area contributed by atoms with Crippen molar-refractivity contribution in [2.45, 2.75) is 24.5 Å². The van der Waals surface area contributed by atoms with Crippen molar-refractivity contribution in [2.75, 3.05) is 18.8 Å². The van der Waals surface area contributed by atoms with Crippen molar-refractivity contribution >= 4 is 23.2 Å². The summed E-state index contributed by atoms with van der Waals surface area (Å²) in [6.45, 7) is 5.33. The van der Waals surface area contributed by atoms with Crippen LogP contribution in [0.25, 0.3) is 5.57 Å². The first-order valence-corrected chi connectivity index (χ1v) is 8.18. The maximum Gasteiger partial charge on any atom is 0.277 e. The van der Waals surface area contributed by atoms with Gasteiger partial charge in [0.2, 0.25) is 11.8 Å². The molecule has 7 heteroatoms.